The van der Waals surface area contributed by atoms with Gasteiger partial charge in [-0.05, 0) is 30.3 Å². The van der Waals surface area contributed by atoms with Crippen molar-refractivity contribution in [2.24, 2.45) is 0 Å². The predicted octanol–water partition coefficient (Wildman–Crippen LogP) is 3.31. The lowest BCUT2D eigenvalue weighted by Crippen LogP contribution is -2.31. The topological polar surface area (TPSA) is 57.7 Å². The summed E-state index contributed by atoms with van der Waals surface area (Å²) < 4.78 is 13.9. The van der Waals surface area contributed by atoms with Crippen LogP contribution < -0.4 is 4.90 Å². The molecule has 3 rings (SSSR count). The molecule has 27 heavy (non-hydrogen) atoms. The maximum atomic E-state index is 13.9. The van der Waals surface area contributed by atoms with Crippen molar-refractivity contribution in [3.05, 3.63) is 78.1 Å². The van der Waals surface area contributed by atoms with E-state index in [0.717, 1.165) is 4.90 Å². The predicted molar refractivity (Wildman–Crippen MR) is 99.5 cm³/mol. The van der Waals surface area contributed by atoms with Crippen LogP contribution in [0.3, 0.4) is 0 Å². The van der Waals surface area contributed by atoms with Crippen molar-refractivity contribution >= 4 is 23.4 Å². The maximum absolute atomic E-state index is 13.9. The van der Waals surface area contributed by atoms with E-state index in [1.54, 1.807) is 48.5 Å². The normalized spacial score (nSPS) is 13.7. The molecule has 2 aromatic carbocycles. The summed E-state index contributed by atoms with van der Waals surface area (Å²) in [6, 6.07) is 12.6. The molecule has 0 atom stereocenters. The molecule has 6 heteroatoms. The molecule has 0 aliphatic carbocycles. The van der Waals surface area contributed by atoms with Crippen LogP contribution in [0.1, 0.15) is 28.8 Å². The van der Waals surface area contributed by atoms with E-state index in [2.05, 4.69) is 6.58 Å². The van der Waals surface area contributed by atoms with Crippen LogP contribution >= 0.6 is 0 Å². The number of benzene rings is 2. The number of rotatable bonds is 6. The Hall–Kier alpha value is -3.28. The van der Waals surface area contributed by atoms with Crippen molar-refractivity contribution in [2.45, 2.75) is 19.4 Å². The Morgan fingerprint density at radius 1 is 1.07 bits per heavy atom. The van der Waals surface area contributed by atoms with Gasteiger partial charge in [0.25, 0.3) is 5.91 Å². The highest BCUT2D eigenvalue weighted by atomic mass is 19.1. The summed E-state index contributed by atoms with van der Waals surface area (Å²) in [6.07, 6.45) is 1.99. The fourth-order valence-electron chi connectivity index (χ4n) is 3.01. The van der Waals surface area contributed by atoms with Crippen LogP contribution in [-0.2, 0) is 16.1 Å². The molecule has 0 spiro atoms. The third-order valence-corrected chi connectivity index (χ3v) is 4.38. The molecule has 0 unspecified atom stereocenters. The summed E-state index contributed by atoms with van der Waals surface area (Å²) in [5.41, 5.74) is 1.25. The van der Waals surface area contributed by atoms with Crippen molar-refractivity contribution < 1.29 is 18.8 Å². The zero-order valence-electron chi connectivity index (χ0n) is 14.7. The fourth-order valence-corrected chi connectivity index (χ4v) is 3.01. The van der Waals surface area contributed by atoms with Crippen LogP contribution in [0.4, 0.5) is 10.1 Å². The molecule has 1 aliphatic rings. The number of carbonyl (C=O) groups excluding carboxylic acids is 3. The Morgan fingerprint density at radius 3 is 2.30 bits per heavy atom. The number of amides is 3. The van der Waals surface area contributed by atoms with Gasteiger partial charge in [0.05, 0.1) is 5.69 Å². The third-order valence-electron chi connectivity index (χ3n) is 4.38. The summed E-state index contributed by atoms with van der Waals surface area (Å²) in [6.45, 7) is 4.03. The molecule has 0 N–H and O–H groups in total. The molecule has 1 fully saturated rings. The van der Waals surface area contributed by atoms with E-state index in [1.807, 2.05) is 0 Å². The van der Waals surface area contributed by atoms with Gasteiger partial charge < -0.3 is 4.90 Å². The molecule has 0 aromatic heterocycles. The van der Waals surface area contributed by atoms with Gasteiger partial charge in [0.2, 0.25) is 11.8 Å². The first-order valence-corrected chi connectivity index (χ1v) is 8.60. The van der Waals surface area contributed by atoms with Gasteiger partial charge in [-0.15, -0.1) is 6.58 Å². The van der Waals surface area contributed by atoms with Gasteiger partial charge in [0.15, 0.2) is 0 Å². The van der Waals surface area contributed by atoms with Crippen molar-refractivity contribution in [3.63, 3.8) is 0 Å². The molecule has 0 bridgehead atoms. The minimum absolute atomic E-state index is 0.113. The fraction of sp³-hybridized carbons (Fsp3) is 0.190. The molecule has 1 heterocycles. The summed E-state index contributed by atoms with van der Waals surface area (Å²) in [5, 5.41) is 0. The molecule has 0 radical (unpaired) electrons. The zero-order valence-corrected chi connectivity index (χ0v) is 14.7. The standard InChI is InChI=1S/C21H19FN2O3/c1-2-13-23(14-16-5-3-4-6-18(16)22)21(27)15-7-9-17(10-8-15)24-19(25)11-12-20(24)26/h2-10H,1,11-14H2. The van der Waals surface area contributed by atoms with Gasteiger partial charge >= 0.3 is 0 Å². The highest BCUT2D eigenvalue weighted by molar-refractivity contribution is 6.19. The quantitative estimate of drug-likeness (QED) is 0.582. The molecule has 3 amide bonds. The Labute approximate surface area is 156 Å². The molecule has 138 valence electrons. The van der Waals surface area contributed by atoms with E-state index < -0.39 is 0 Å². The highest BCUT2D eigenvalue weighted by Crippen LogP contribution is 2.23. The largest absolute Gasteiger partial charge is 0.331 e. The second-order valence-corrected chi connectivity index (χ2v) is 6.24. The van der Waals surface area contributed by atoms with Crippen LogP contribution in [0.25, 0.3) is 0 Å². The van der Waals surface area contributed by atoms with Crippen molar-refractivity contribution in [2.75, 3.05) is 11.4 Å². The maximum Gasteiger partial charge on any atom is 0.254 e. The Kier molecular flexibility index (Phi) is 5.45. The SMILES string of the molecule is C=CCN(Cc1ccccc1F)C(=O)c1ccc(N2C(=O)CCC2=O)cc1. The van der Waals surface area contributed by atoms with Crippen LogP contribution in [0, 0.1) is 5.82 Å². The van der Waals surface area contributed by atoms with E-state index in [1.165, 1.54) is 11.0 Å². The smallest absolute Gasteiger partial charge is 0.254 e. The molecule has 1 saturated heterocycles. The van der Waals surface area contributed by atoms with E-state index in [-0.39, 0.29) is 49.5 Å². The average molecular weight is 366 g/mol. The summed E-state index contributed by atoms with van der Waals surface area (Å²) in [4.78, 5) is 39.1. The number of imide groups is 1. The van der Waals surface area contributed by atoms with Crippen LogP contribution in [0.5, 0.6) is 0 Å². The first kappa shape index (κ1) is 18.5. The summed E-state index contributed by atoms with van der Waals surface area (Å²) in [5.74, 6) is -1.15. The van der Waals surface area contributed by atoms with Crippen LogP contribution in [0.2, 0.25) is 0 Å². The van der Waals surface area contributed by atoms with Gasteiger partial charge in [-0.1, -0.05) is 24.3 Å². The third kappa shape index (κ3) is 3.95. The summed E-state index contributed by atoms with van der Waals surface area (Å²) in [7, 11) is 0. The Morgan fingerprint density at radius 2 is 1.70 bits per heavy atom. The van der Waals surface area contributed by atoms with E-state index in [0.29, 0.717) is 16.8 Å². The molecule has 5 nitrogen and oxygen atoms in total. The number of hydrogen-bond donors (Lipinski definition) is 0. The number of hydrogen-bond acceptors (Lipinski definition) is 3. The number of anilines is 1. The zero-order chi connectivity index (χ0) is 19.4. The Balaban J connectivity index is 1.80. The van der Waals surface area contributed by atoms with Gasteiger partial charge in [-0.2, -0.15) is 0 Å². The van der Waals surface area contributed by atoms with E-state index in [4.69, 9.17) is 0 Å². The van der Waals surface area contributed by atoms with Crippen molar-refractivity contribution in [3.8, 4) is 0 Å². The number of carbonyl (C=O) groups is 3. The Bertz CT molecular complexity index is 877. The average Bonchev–Trinajstić information content (AvgIpc) is 3.01. The molecular weight excluding hydrogens is 347 g/mol. The lowest BCUT2D eigenvalue weighted by molar-refractivity contribution is -0.121. The minimum atomic E-state index is -0.374. The lowest BCUT2D eigenvalue weighted by Gasteiger charge is -2.22. The molecular formula is C21H19FN2O3. The van der Waals surface area contributed by atoms with Crippen molar-refractivity contribution in [1.29, 1.82) is 0 Å². The second-order valence-electron chi connectivity index (χ2n) is 6.24. The van der Waals surface area contributed by atoms with E-state index in [9.17, 15) is 18.8 Å². The molecule has 1 aliphatic heterocycles. The van der Waals surface area contributed by atoms with Crippen LogP contribution in [0.15, 0.2) is 61.2 Å². The van der Waals surface area contributed by atoms with Gasteiger partial charge in [0.1, 0.15) is 5.82 Å². The van der Waals surface area contributed by atoms with Gasteiger partial charge in [-0.3, -0.25) is 19.3 Å². The molecule has 0 saturated carbocycles. The minimum Gasteiger partial charge on any atom is -0.331 e. The van der Waals surface area contributed by atoms with Gasteiger partial charge in [-0.25, -0.2) is 4.39 Å². The highest BCUT2D eigenvalue weighted by Gasteiger charge is 2.30. The van der Waals surface area contributed by atoms with E-state index >= 15 is 0 Å². The second kappa shape index (κ2) is 7.95. The first-order valence-electron chi connectivity index (χ1n) is 8.60. The summed E-state index contributed by atoms with van der Waals surface area (Å²) >= 11 is 0. The van der Waals surface area contributed by atoms with Crippen molar-refractivity contribution in [1.82, 2.24) is 4.90 Å². The first-order chi connectivity index (χ1) is 13.0. The number of halogens is 1. The van der Waals surface area contributed by atoms with Gasteiger partial charge in [0, 0.05) is 37.1 Å². The molecule has 2 aromatic rings. The lowest BCUT2D eigenvalue weighted by atomic mass is 10.1. The number of nitrogens with zero attached hydrogens (tertiary/aromatic N) is 2. The van der Waals surface area contributed by atoms with Crippen LogP contribution in [-0.4, -0.2) is 29.2 Å². The monoisotopic (exact) mass is 366 g/mol.